The van der Waals surface area contributed by atoms with Crippen LogP contribution in [0.1, 0.15) is 55.7 Å². The maximum absolute atomic E-state index is 13.5. The van der Waals surface area contributed by atoms with Crippen LogP contribution in [0.4, 0.5) is 0 Å². The topological polar surface area (TPSA) is 86.8 Å². The predicted octanol–water partition coefficient (Wildman–Crippen LogP) is 3.79. The first kappa shape index (κ1) is 26.9. The van der Waals surface area contributed by atoms with Crippen molar-refractivity contribution >= 4 is 21.8 Å². The molecule has 35 heavy (non-hydrogen) atoms. The lowest BCUT2D eigenvalue weighted by Crippen LogP contribution is -2.52. The minimum Gasteiger partial charge on any atom is -0.352 e. The molecule has 0 unspecified atom stereocenters. The van der Waals surface area contributed by atoms with Crippen molar-refractivity contribution < 1.29 is 18.0 Å². The van der Waals surface area contributed by atoms with Crippen molar-refractivity contribution in [1.82, 2.24) is 14.5 Å². The summed E-state index contributed by atoms with van der Waals surface area (Å²) in [6.45, 7) is 5.42. The van der Waals surface area contributed by atoms with Crippen molar-refractivity contribution in [3.8, 4) is 0 Å². The van der Waals surface area contributed by atoms with Crippen LogP contribution in [0.15, 0.2) is 53.4 Å². The highest BCUT2D eigenvalue weighted by atomic mass is 32.2. The zero-order chi connectivity index (χ0) is 25.6. The van der Waals surface area contributed by atoms with Gasteiger partial charge in [0.1, 0.15) is 6.04 Å². The molecule has 1 saturated carbocycles. The van der Waals surface area contributed by atoms with Crippen LogP contribution in [0.3, 0.4) is 0 Å². The molecule has 2 aromatic carbocycles. The first-order chi connectivity index (χ1) is 16.6. The van der Waals surface area contributed by atoms with Crippen LogP contribution in [-0.4, -0.2) is 55.1 Å². The fourth-order valence-electron chi connectivity index (χ4n) is 4.38. The maximum atomic E-state index is 13.5. The number of hydrogen-bond acceptors (Lipinski definition) is 4. The summed E-state index contributed by atoms with van der Waals surface area (Å²) in [7, 11) is -2.45. The van der Waals surface area contributed by atoms with Gasteiger partial charge in [-0.15, -0.1) is 0 Å². The summed E-state index contributed by atoms with van der Waals surface area (Å²) in [5.74, 6) is -0.624. The Bertz CT molecular complexity index is 1130. The van der Waals surface area contributed by atoms with Gasteiger partial charge in [-0.3, -0.25) is 9.59 Å². The fraction of sp³-hybridized carbons (Fsp3) is 0.481. The molecule has 0 saturated heterocycles. The van der Waals surface area contributed by atoms with Gasteiger partial charge in [-0.1, -0.05) is 61.2 Å². The van der Waals surface area contributed by atoms with Crippen LogP contribution in [0.5, 0.6) is 0 Å². The average molecular weight is 500 g/mol. The molecule has 0 spiro atoms. The molecule has 0 aromatic heterocycles. The second-order valence-electron chi connectivity index (χ2n) is 9.54. The second-order valence-corrected chi connectivity index (χ2v) is 11.6. The van der Waals surface area contributed by atoms with E-state index in [1.54, 1.807) is 19.1 Å². The second kappa shape index (κ2) is 11.8. The molecule has 0 heterocycles. The molecule has 3 rings (SSSR count). The summed E-state index contributed by atoms with van der Waals surface area (Å²) in [6, 6.07) is 13.6. The Morgan fingerprint density at radius 2 is 1.63 bits per heavy atom. The van der Waals surface area contributed by atoms with Crippen molar-refractivity contribution in [3.05, 3.63) is 65.2 Å². The summed E-state index contributed by atoms with van der Waals surface area (Å²) in [6.07, 6.45) is 5.25. The van der Waals surface area contributed by atoms with Gasteiger partial charge < -0.3 is 10.2 Å². The van der Waals surface area contributed by atoms with E-state index in [0.717, 1.165) is 46.7 Å². The van der Waals surface area contributed by atoms with Gasteiger partial charge >= 0.3 is 0 Å². The molecule has 1 atom stereocenters. The summed E-state index contributed by atoms with van der Waals surface area (Å²) >= 11 is 0. The van der Waals surface area contributed by atoms with Gasteiger partial charge in [0.25, 0.3) is 0 Å². The van der Waals surface area contributed by atoms with Gasteiger partial charge in [0.2, 0.25) is 21.8 Å². The number of nitrogens with one attached hydrogen (secondary N) is 1. The highest BCUT2D eigenvalue weighted by Gasteiger charge is 2.31. The van der Waals surface area contributed by atoms with Crippen LogP contribution >= 0.6 is 0 Å². The molecule has 190 valence electrons. The normalized spacial score (nSPS) is 15.6. The largest absolute Gasteiger partial charge is 0.352 e. The number of rotatable bonds is 9. The summed E-state index contributed by atoms with van der Waals surface area (Å²) in [5, 5.41) is 3.10. The Morgan fingerprint density at radius 3 is 2.26 bits per heavy atom. The minimum absolute atomic E-state index is 0.124. The van der Waals surface area contributed by atoms with Crippen LogP contribution in [0.25, 0.3) is 0 Å². The highest BCUT2D eigenvalue weighted by Crippen LogP contribution is 2.20. The van der Waals surface area contributed by atoms with Crippen LogP contribution in [0.2, 0.25) is 0 Å². The van der Waals surface area contributed by atoms with Crippen LogP contribution in [-0.2, 0) is 26.2 Å². The average Bonchev–Trinajstić information content (AvgIpc) is 2.84. The van der Waals surface area contributed by atoms with Gasteiger partial charge in [0.15, 0.2) is 0 Å². The van der Waals surface area contributed by atoms with Crippen molar-refractivity contribution in [2.45, 2.75) is 76.4 Å². The predicted molar refractivity (Wildman–Crippen MR) is 137 cm³/mol. The van der Waals surface area contributed by atoms with Crippen molar-refractivity contribution in [1.29, 1.82) is 0 Å². The molecule has 7 nitrogen and oxygen atoms in total. The molecule has 2 amide bonds. The van der Waals surface area contributed by atoms with Crippen molar-refractivity contribution in [3.63, 3.8) is 0 Å². The molecule has 0 aliphatic heterocycles. The Kier molecular flexibility index (Phi) is 9.08. The first-order valence-electron chi connectivity index (χ1n) is 12.3. The lowest BCUT2D eigenvalue weighted by atomic mass is 9.95. The standard InChI is InChI=1S/C27H37N3O4S/c1-20-14-16-25(17-15-20)35(33,34)29(4)19-26(31)30(18-23-11-9-8-10-21(23)2)22(3)27(32)28-24-12-6-5-7-13-24/h8-11,14-17,22,24H,5-7,12-13,18-19H2,1-4H3,(H,28,32)/t22-/m1/s1. The molecule has 2 aromatic rings. The number of aryl methyl sites for hydroxylation is 2. The number of hydrogen-bond donors (Lipinski definition) is 1. The van der Waals surface area contributed by atoms with E-state index >= 15 is 0 Å². The number of benzene rings is 2. The van der Waals surface area contributed by atoms with E-state index in [4.69, 9.17) is 0 Å². The zero-order valence-electron chi connectivity index (χ0n) is 21.2. The Hall–Kier alpha value is -2.71. The maximum Gasteiger partial charge on any atom is 0.243 e. The SMILES string of the molecule is Cc1ccc(S(=O)(=O)N(C)CC(=O)N(Cc2ccccc2C)[C@H](C)C(=O)NC2CCCCC2)cc1. The van der Waals surface area contributed by atoms with Gasteiger partial charge in [-0.2, -0.15) is 4.31 Å². The van der Waals surface area contributed by atoms with Gasteiger partial charge in [-0.25, -0.2) is 8.42 Å². The molecule has 0 radical (unpaired) electrons. The number of amides is 2. The quantitative estimate of drug-likeness (QED) is 0.569. The zero-order valence-corrected chi connectivity index (χ0v) is 22.0. The van der Waals surface area contributed by atoms with E-state index in [1.807, 2.05) is 38.1 Å². The van der Waals surface area contributed by atoms with E-state index in [-0.39, 0.29) is 29.9 Å². The first-order valence-corrected chi connectivity index (χ1v) is 13.7. The molecule has 1 aliphatic carbocycles. The van der Waals surface area contributed by atoms with Gasteiger partial charge in [0.05, 0.1) is 11.4 Å². The molecule has 1 N–H and O–H groups in total. The van der Waals surface area contributed by atoms with Gasteiger partial charge in [0, 0.05) is 19.6 Å². The van der Waals surface area contributed by atoms with E-state index in [2.05, 4.69) is 5.32 Å². The molecular weight excluding hydrogens is 462 g/mol. The number of nitrogens with zero attached hydrogens (tertiary/aromatic N) is 2. The van der Waals surface area contributed by atoms with E-state index in [1.165, 1.54) is 30.5 Å². The summed E-state index contributed by atoms with van der Waals surface area (Å²) < 4.78 is 27.2. The smallest absolute Gasteiger partial charge is 0.243 e. The summed E-state index contributed by atoms with van der Waals surface area (Å²) in [4.78, 5) is 28.2. The highest BCUT2D eigenvalue weighted by molar-refractivity contribution is 7.89. The molecular formula is C27H37N3O4S. The Morgan fingerprint density at radius 1 is 1.00 bits per heavy atom. The lowest BCUT2D eigenvalue weighted by molar-refractivity contribution is -0.141. The fourth-order valence-corrected chi connectivity index (χ4v) is 5.50. The number of carbonyl (C=O) groups is 2. The summed E-state index contributed by atoms with van der Waals surface area (Å²) in [5.41, 5.74) is 2.87. The van der Waals surface area contributed by atoms with E-state index in [9.17, 15) is 18.0 Å². The third-order valence-electron chi connectivity index (χ3n) is 6.81. The van der Waals surface area contributed by atoms with Gasteiger partial charge in [-0.05, 0) is 56.9 Å². The molecule has 0 bridgehead atoms. The third kappa shape index (κ3) is 6.92. The molecule has 1 fully saturated rings. The minimum atomic E-state index is -3.85. The van der Waals surface area contributed by atoms with Crippen molar-refractivity contribution in [2.75, 3.05) is 13.6 Å². The molecule has 1 aliphatic rings. The van der Waals surface area contributed by atoms with E-state index in [0.29, 0.717) is 0 Å². The third-order valence-corrected chi connectivity index (χ3v) is 8.63. The number of likely N-dealkylation sites (N-methyl/N-ethyl adjacent to an activating group) is 1. The Labute approximate surface area is 209 Å². The van der Waals surface area contributed by atoms with Crippen molar-refractivity contribution in [2.24, 2.45) is 0 Å². The molecule has 8 heteroatoms. The van der Waals surface area contributed by atoms with E-state index < -0.39 is 22.0 Å². The monoisotopic (exact) mass is 499 g/mol. The van der Waals surface area contributed by atoms with Crippen LogP contribution in [0, 0.1) is 13.8 Å². The van der Waals surface area contributed by atoms with Crippen LogP contribution < -0.4 is 5.32 Å². The lowest BCUT2D eigenvalue weighted by Gasteiger charge is -2.32. The Balaban J connectivity index is 1.80. The number of carbonyl (C=O) groups excluding carboxylic acids is 2. The number of sulfonamides is 1.